The fraction of sp³-hybridized carbons (Fsp3) is 0.350. The molecule has 1 amide bonds. The van der Waals surface area contributed by atoms with Crippen LogP contribution in [0.2, 0.25) is 5.02 Å². The standard InChI is InChI=1S/C20H21ClF3N5O/c1-12-19(26-18(30)7-8-28-13(2)17(21)10-25-28)14(3)29(27-12)11-15-5-4-6-16(9-15)20(22,23)24/h4-6,9-10H,7-8,11H2,1-3H3,(H,26,30). The van der Waals surface area contributed by atoms with Gasteiger partial charge in [0.1, 0.15) is 0 Å². The molecule has 10 heteroatoms. The minimum Gasteiger partial charge on any atom is -0.323 e. The Morgan fingerprint density at radius 2 is 1.90 bits per heavy atom. The number of halogens is 4. The Bertz CT molecular complexity index is 1070. The summed E-state index contributed by atoms with van der Waals surface area (Å²) < 4.78 is 42.0. The van der Waals surface area contributed by atoms with Crippen molar-refractivity contribution in [3.05, 3.63) is 63.7 Å². The Balaban J connectivity index is 1.69. The van der Waals surface area contributed by atoms with Gasteiger partial charge in [-0.2, -0.15) is 23.4 Å². The molecule has 0 aliphatic rings. The van der Waals surface area contributed by atoms with Crippen molar-refractivity contribution in [1.29, 1.82) is 0 Å². The molecule has 0 radical (unpaired) electrons. The molecular weight excluding hydrogens is 419 g/mol. The predicted molar refractivity (Wildman–Crippen MR) is 107 cm³/mol. The molecule has 0 bridgehead atoms. The SMILES string of the molecule is Cc1nn(Cc2cccc(C(F)(F)F)c2)c(C)c1NC(=O)CCn1ncc(Cl)c1C. The number of carbonyl (C=O) groups excluding carboxylic acids is 1. The summed E-state index contributed by atoms with van der Waals surface area (Å²) in [7, 11) is 0. The summed E-state index contributed by atoms with van der Waals surface area (Å²) in [6.45, 7) is 5.86. The first-order valence-corrected chi connectivity index (χ1v) is 9.62. The van der Waals surface area contributed by atoms with E-state index in [-0.39, 0.29) is 18.9 Å². The number of aryl methyl sites for hydroxylation is 2. The highest BCUT2D eigenvalue weighted by Crippen LogP contribution is 2.30. The van der Waals surface area contributed by atoms with Gasteiger partial charge < -0.3 is 5.32 Å². The van der Waals surface area contributed by atoms with Gasteiger partial charge in [-0.25, -0.2) is 0 Å². The van der Waals surface area contributed by atoms with Crippen LogP contribution in [0.4, 0.5) is 18.9 Å². The van der Waals surface area contributed by atoms with Gasteiger partial charge in [-0.15, -0.1) is 0 Å². The fourth-order valence-corrected chi connectivity index (χ4v) is 3.25. The number of rotatable bonds is 6. The Morgan fingerprint density at radius 1 is 1.17 bits per heavy atom. The Morgan fingerprint density at radius 3 is 2.53 bits per heavy atom. The Kier molecular flexibility index (Phi) is 6.21. The lowest BCUT2D eigenvalue weighted by molar-refractivity contribution is -0.137. The lowest BCUT2D eigenvalue weighted by Gasteiger charge is -2.10. The second-order valence-electron chi connectivity index (χ2n) is 7.00. The van der Waals surface area contributed by atoms with E-state index in [2.05, 4.69) is 15.5 Å². The zero-order valence-electron chi connectivity index (χ0n) is 16.7. The molecule has 2 aromatic heterocycles. The summed E-state index contributed by atoms with van der Waals surface area (Å²) in [4.78, 5) is 12.4. The van der Waals surface area contributed by atoms with Gasteiger partial charge in [0.2, 0.25) is 5.91 Å². The van der Waals surface area contributed by atoms with Crippen LogP contribution in [0, 0.1) is 20.8 Å². The number of alkyl halides is 3. The van der Waals surface area contributed by atoms with E-state index in [9.17, 15) is 18.0 Å². The highest BCUT2D eigenvalue weighted by molar-refractivity contribution is 6.31. The van der Waals surface area contributed by atoms with Crippen LogP contribution in [0.5, 0.6) is 0 Å². The van der Waals surface area contributed by atoms with Gasteiger partial charge in [-0.3, -0.25) is 14.2 Å². The summed E-state index contributed by atoms with van der Waals surface area (Å²) in [5.74, 6) is -0.217. The lowest BCUT2D eigenvalue weighted by atomic mass is 10.1. The van der Waals surface area contributed by atoms with Crippen molar-refractivity contribution in [2.75, 3.05) is 5.32 Å². The zero-order valence-corrected chi connectivity index (χ0v) is 17.5. The predicted octanol–water partition coefficient (Wildman–Crippen LogP) is 4.75. The molecule has 1 aromatic carbocycles. The highest BCUT2D eigenvalue weighted by atomic mass is 35.5. The summed E-state index contributed by atoms with van der Waals surface area (Å²) in [5, 5.41) is 11.9. The summed E-state index contributed by atoms with van der Waals surface area (Å²) in [6, 6.07) is 5.12. The molecule has 0 unspecified atom stereocenters. The number of hydrogen-bond acceptors (Lipinski definition) is 3. The molecule has 0 fully saturated rings. The normalized spacial score (nSPS) is 11.7. The van der Waals surface area contributed by atoms with E-state index < -0.39 is 11.7 Å². The number of amides is 1. The van der Waals surface area contributed by atoms with Crippen molar-refractivity contribution in [3.63, 3.8) is 0 Å². The van der Waals surface area contributed by atoms with Crippen molar-refractivity contribution in [2.24, 2.45) is 0 Å². The van der Waals surface area contributed by atoms with Crippen LogP contribution in [0.25, 0.3) is 0 Å². The van der Waals surface area contributed by atoms with Gasteiger partial charge in [-0.05, 0) is 38.5 Å². The van der Waals surface area contributed by atoms with E-state index in [0.717, 1.165) is 17.8 Å². The highest BCUT2D eigenvalue weighted by Gasteiger charge is 2.30. The molecule has 6 nitrogen and oxygen atoms in total. The first-order valence-electron chi connectivity index (χ1n) is 9.24. The minimum atomic E-state index is -4.40. The zero-order chi connectivity index (χ0) is 22.1. The van der Waals surface area contributed by atoms with E-state index in [4.69, 9.17) is 11.6 Å². The first-order chi connectivity index (χ1) is 14.1. The molecule has 3 rings (SSSR count). The summed E-state index contributed by atoms with van der Waals surface area (Å²) >= 11 is 5.96. The number of anilines is 1. The van der Waals surface area contributed by atoms with Crippen LogP contribution in [-0.4, -0.2) is 25.5 Å². The molecule has 0 saturated heterocycles. The molecular formula is C20H21ClF3N5O. The van der Waals surface area contributed by atoms with Crippen LogP contribution < -0.4 is 5.32 Å². The van der Waals surface area contributed by atoms with Crippen molar-refractivity contribution < 1.29 is 18.0 Å². The van der Waals surface area contributed by atoms with Crippen molar-refractivity contribution >= 4 is 23.2 Å². The average Bonchev–Trinajstić information content (AvgIpc) is 3.13. The molecule has 0 atom stereocenters. The van der Waals surface area contributed by atoms with Gasteiger partial charge >= 0.3 is 6.18 Å². The van der Waals surface area contributed by atoms with E-state index in [1.807, 2.05) is 6.92 Å². The third kappa shape index (κ3) is 4.84. The lowest BCUT2D eigenvalue weighted by Crippen LogP contribution is -2.16. The van der Waals surface area contributed by atoms with Crippen molar-refractivity contribution in [2.45, 2.75) is 46.5 Å². The maximum atomic E-state index is 12.9. The third-order valence-electron chi connectivity index (χ3n) is 4.83. The molecule has 0 aliphatic heterocycles. The Hall–Kier alpha value is -2.81. The molecule has 1 N–H and O–H groups in total. The average molecular weight is 440 g/mol. The van der Waals surface area contributed by atoms with Crippen LogP contribution in [0.1, 0.15) is 34.6 Å². The number of nitrogens with one attached hydrogen (secondary N) is 1. The summed E-state index contributed by atoms with van der Waals surface area (Å²) in [6.07, 6.45) is -2.68. The number of aromatic nitrogens is 4. The van der Waals surface area contributed by atoms with E-state index >= 15 is 0 Å². The van der Waals surface area contributed by atoms with Gasteiger partial charge in [0.15, 0.2) is 0 Å². The van der Waals surface area contributed by atoms with Gasteiger partial charge in [-0.1, -0.05) is 23.7 Å². The topological polar surface area (TPSA) is 64.7 Å². The molecule has 0 saturated carbocycles. The molecule has 0 aliphatic carbocycles. The third-order valence-corrected chi connectivity index (χ3v) is 5.20. The van der Waals surface area contributed by atoms with Crippen molar-refractivity contribution in [3.8, 4) is 0 Å². The molecule has 30 heavy (non-hydrogen) atoms. The maximum absolute atomic E-state index is 12.9. The maximum Gasteiger partial charge on any atom is 0.416 e. The second-order valence-corrected chi connectivity index (χ2v) is 7.41. The summed E-state index contributed by atoms with van der Waals surface area (Å²) in [5.41, 5.74) is 2.36. The van der Waals surface area contributed by atoms with Crippen LogP contribution >= 0.6 is 11.6 Å². The van der Waals surface area contributed by atoms with Crippen LogP contribution in [-0.2, 0) is 24.1 Å². The van der Waals surface area contributed by atoms with Gasteiger partial charge in [0, 0.05) is 6.42 Å². The Labute approximate surface area is 176 Å². The quantitative estimate of drug-likeness (QED) is 0.602. The largest absolute Gasteiger partial charge is 0.416 e. The molecule has 3 aromatic rings. The smallest absolute Gasteiger partial charge is 0.323 e. The van der Waals surface area contributed by atoms with Gasteiger partial charge in [0.25, 0.3) is 0 Å². The van der Waals surface area contributed by atoms with E-state index in [1.165, 1.54) is 12.3 Å². The number of carbonyl (C=O) groups is 1. The fourth-order valence-electron chi connectivity index (χ4n) is 3.11. The molecule has 2 heterocycles. The number of benzene rings is 1. The molecule has 160 valence electrons. The van der Waals surface area contributed by atoms with E-state index in [1.54, 1.807) is 29.3 Å². The number of nitrogens with zero attached hydrogens (tertiary/aromatic N) is 4. The van der Waals surface area contributed by atoms with Gasteiger partial charge in [0.05, 0.1) is 52.6 Å². The van der Waals surface area contributed by atoms with Crippen molar-refractivity contribution in [1.82, 2.24) is 19.6 Å². The molecule has 0 spiro atoms. The first kappa shape index (κ1) is 21.9. The second kappa shape index (κ2) is 8.51. The van der Waals surface area contributed by atoms with E-state index in [0.29, 0.717) is 34.2 Å². The number of hydrogen-bond donors (Lipinski definition) is 1. The van der Waals surface area contributed by atoms with Crippen LogP contribution in [0.3, 0.4) is 0 Å². The minimum absolute atomic E-state index is 0.164. The monoisotopic (exact) mass is 439 g/mol. The van der Waals surface area contributed by atoms with Crippen LogP contribution in [0.15, 0.2) is 30.5 Å².